The molecule has 2 saturated heterocycles. The van der Waals surface area contributed by atoms with E-state index in [9.17, 15) is 4.79 Å². The van der Waals surface area contributed by atoms with Crippen molar-refractivity contribution >= 4 is 17.5 Å². The van der Waals surface area contributed by atoms with Gasteiger partial charge in [-0.1, -0.05) is 23.7 Å². The minimum atomic E-state index is -0.0260. The summed E-state index contributed by atoms with van der Waals surface area (Å²) in [5.41, 5.74) is 0.558. The SMILES string of the molecule is O=C(c1ccccc1Cl)N1CCOC(C2CCCO2)C1. The number of rotatable bonds is 2. The highest BCUT2D eigenvalue weighted by atomic mass is 35.5. The lowest BCUT2D eigenvalue weighted by Crippen LogP contribution is -2.49. The fraction of sp³-hybridized carbons (Fsp3) is 0.533. The van der Waals surface area contributed by atoms with E-state index in [2.05, 4.69) is 0 Å². The van der Waals surface area contributed by atoms with E-state index in [1.165, 1.54) is 0 Å². The van der Waals surface area contributed by atoms with Crippen molar-refractivity contribution in [3.05, 3.63) is 34.9 Å². The van der Waals surface area contributed by atoms with Crippen molar-refractivity contribution < 1.29 is 14.3 Å². The standard InChI is InChI=1S/C15H18ClNO3/c16-12-5-2-1-4-11(12)15(18)17-7-9-20-14(10-17)13-6-3-8-19-13/h1-2,4-5,13-14H,3,6-10H2. The van der Waals surface area contributed by atoms with E-state index in [0.29, 0.717) is 30.3 Å². The Morgan fingerprint density at radius 1 is 1.20 bits per heavy atom. The van der Waals surface area contributed by atoms with Crippen LogP contribution in [0.2, 0.25) is 5.02 Å². The molecule has 0 aliphatic carbocycles. The van der Waals surface area contributed by atoms with Crippen LogP contribution >= 0.6 is 11.6 Å². The third-order valence-corrected chi connectivity index (χ3v) is 4.19. The fourth-order valence-electron chi connectivity index (χ4n) is 2.79. The maximum Gasteiger partial charge on any atom is 0.255 e. The van der Waals surface area contributed by atoms with Gasteiger partial charge in [-0.2, -0.15) is 0 Å². The van der Waals surface area contributed by atoms with E-state index in [-0.39, 0.29) is 18.1 Å². The first kappa shape index (κ1) is 13.9. The van der Waals surface area contributed by atoms with Crippen LogP contribution in [-0.4, -0.2) is 49.3 Å². The smallest absolute Gasteiger partial charge is 0.255 e. The molecule has 108 valence electrons. The molecule has 2 aliphatic rings. The van der Waals surface area contributed by atoms with Gasteiger partial charge in [-0.05, 0) is 25.0 Å². The number of hydrogen-bond donors (Lipinski definition) is 0. The molecule has 0 saturated carbocycles. The number of morpholine rings is 1. The Morgan fingerprint density at radius 3 is 2.75 bits per heavy atom. The molecule has 5 heteroatoms. The number of nitrogens with zero attached hydrogens (tertiary/aromatic N) is 1. The summed E-state index contributed by atoms with van der Waals surface area (Å²) in [4.78, 5) is 14.3. The Kier molecular flexibility index (Phi) is 4.24. The second kappa shape index (κ2) is 6.12. The summed E-state index contributed by atoms with van der Waals surface area (Å²) in [6.07, 6.45) is 2.19. The number of carbonyl (C=O) groups is 1. The van der Waals surface area contributed by atoms with E-state index in [1.807, 2.05) is 17.0 Å². The third kappa shape index (κ3) is 2.82. The van der Waals surface area contributed by atoms with Crippen molar-refractivity contribution in [2.24, 2.45) is 0 Å². The predicted molar refractivity (Wildman–Crippen MR) is 76.1 cm³/mol. The molecular weight excluding hydrogens is 278 g/mol. The molecule has 0 bridgehead atoms. The van der Waals surface area contributed by atoms with Crippen LogP contribution in [0, 0.1) is 0 Å². The normalized spacial score (nSPS) is 26.8. The molecule has 20 heavy (non-hydrogen) atoms. The van der Waals surface area contributed by atoms with Gasteiger partial charge in [0.05, 0.1) is 23.3 Å². The molecular formula is C15H18ClNO3. The highest BCUT2D eigenvalue weighted by molar-refractivity contribution is 6.33. The summed E-state index contributed by atoms with van der Waals surface area (Å²) in [6, 6.07) is 7.17. The lowest BCUT2D eigenvalue weighted by atomic mass is 10.1. The average molecular weight is 296 g/mol. The minimum Gasteiger partial charge on any atom is -0.375 e. The van der Waals surface area contributed by atoms with Gasteiger partial charge in [-0.15, -0.1) is 0 Å². The zero-order valence-electron chi connectivity index (χ0n) is 11.3. The molecule has 0 aromatic heterocycles. The monoisotopic (exact) mass is 295 g/mol. The van der Waals surface area contributed by atoms with Gasteiger partial charge in [-0.25, -0.2) is 0 Å². The van der Waals surface area contributed by atoms with Crippen molar-refractivity contribution in [3.63, 3.8) is 0 Å². The first-order chi connectivity index (χ1) is 9.75. The van der Waals surface area contributed by atoms with Crippen LogP contribution in [0.25, 0.3) is 0 Å². The summed E-state index contributed by atoms with van der Waals surface area (Å²) in [7, 11) is 0. The summed E-state index contributed by atoms with van der Waals surface area (Å²) in [5.74, 6) is -0.0260. The second-order valence-corrected chi connectivity index (χ2v) is 5.60. The van der Waals surface area contributed by atoms with Crippen molar-refractivity contribution in [2.45, 2.75) is 25.0 Å². The molecule has 0 N–H and O–H groups in total. The predicted octanol–water partition coefficient (Wildman–Crippen LogP) is 2.36. The summed E-state index contributed by atoms with van der Waals surface area (Å²) in [6.45, 7) is 2.53. The Balaban J connectivity index is 1.70. The minimum absolute atomic E-state index is 0.0160. The molecule has 2 fully saturated rings. The molecule has 3 rings (SSSR count). The lowest BCUT2D eigenvalue weighted by Gasteiger charge is -2.35. The van der Waals surface area contributed by atoms with Crippen LogP contribution in [0.3, 0.4) is 0 Å². The molecule has 1 amide bonds. The average Bonchev–Trinajstić information content (AvgIpc) is 3.01. The summed E-state index contributed by atoms with van der Waals surface area (Å²) >= 11 is 6.10. The van der Waals surface area contributed by atoms with Crippen molar-refractivity contribution in [1.82, 2.24) is 4.90 Å². The molecule has 2 unspecified atom stereocenters. The van der Waals surface area contributed by atoms with E-state index >= 15 is 0 Å². The maximum atomic E-state index is 12.5. The number of carbonyl (C=O) groups excluding carboxylic acids is 1. The van der Waals surface area contributed by atoms with Crippen molar-refractivity contribution in [2.75, 3.05) is 26.3 Å². The van der Waals surface area contributed by atoms with Crippen LogP contribution in [0.5, 0.6) is 0 Å². The van der Waals surface area contributed by atoms with Crippen LogP contribution in [-0.2, 0) is 9.47 Å². The Hall–Kier alpha value is -1.10. The van der Waals surface area contributed by atoms with Crippen LogP contribution in [0.4, 0.5) is 0 Å². The second-order valence-electron chi connectivity index (χ2n) is 5.19. The molecule has 2 heterocycles. The largest absolute Gasteiger partial charge is 0.375 e. The quantitative estimate of drug-likeness (QED) is 0.841. The molecule has 2 aliphatic heterocycles. The Morgan fingerprint density at radius 2 is 2.00 bits per heavy atom. The first-order valence-corrected chi connectivity index (χ1v) is 7.40. The number of amides is 1. The molecule has 4 nitrogen and oxygen atoms in total. The van der Waals surface area contributed by atoms with E-state index in [1.54, 1.807) is 12.1 Å². The number of hydrogen-bond acceptors (Lipinski definition) is 3. The highest BCUT2D eigenvalue weighted by Gasteiger charge is 2.33. The van der Waals surface area contributed by atoms with Crippen LogP contribution in [0.1, 0.15) is 23.2 Å². The van der Waals surface area contributed by atoms with Crippen LogP contribution < -0.4 is 0 Å². The first-order valence-electron chi connectivity index (χ1n) is 7.03. The van der Waals surface area contributed by atoms with E-state index in [4.69, 9.17) is 21.1 Å². The maximum absolute atomic E-state index is 12.5. The molecule has 0 spiro atoms. The van der Waals surface area contributed by atoms with E-state index < -0.39 is 0 Å². The van der Waals surface area contributed by atoms with Crippen molar-refractivity contribution in [1.29, 1.82) is 0 Å². The lowest BCUT2D eigenvalue weighted by molar-refractivity contribution is -0.0867. The van der Waals surface area contributed by atoms with Crippen molar-refractivity contribution in [3.8, 4) is 0 Å². The molecule has 2 atom stereocenters. The number of benzene rings is 1. The topological polar surface area (TPSA) is 38.8 Å². The zero-order valence-corrected chi connectivity index (χ0v) is 12.0. The Labute approximate surface area is 123 Å². The molecule has 0 radical (unpaired) electrons. The molecule has 1 aromatic carbocycles. The van der Waals surface area contributed by atoms with Gasteiger partial charge in [0.25, 0.3) is 5.91 Å². The highest BCUT2D eigenvalue weighted by Crippen LogP contribution is 2.23. The summed E-state index contributed by atoms with van der Waals surface area (Å²) in [5, 5.41) is 0.498. The van der Waals surface area contributed by atoms with Gasteiger partial charge in [0.15, 0.2) is 0 Å². The van der Waals surface area contributed by atoms with E-state index in [0.717, 1.165) is 19.4 Å². The van der Waals surface area contributed by atoms with Gasteiger partial charge in [0.1, 0.15) is 6.10 Å². The summed E-state index contributed by atoms with van der Waals surface area (Å²) < 4.78 is 11.4. The number of ether oxygens (including phenoxy) is 2. The van der Waals surface area contributed by atoms with Gasteiger partial charge >= 0.3 is 0 Å². The zero-order chi connectivity index (χ0) is 13.9. The number of halogens is 1. The van der Waals surface area contributed by atoms with Gasteiger partial charge < -0.3 is 14.4 Å². The van der Waals surface area contributed by atoms with Gasteiger partial charge in [-0.3, -0.25) is 4.79 Å². The Bertz CT molecular complexity index is 488. The molecule has 1 aromatic rings. The third-order valence-electron chi connectivity index (χ3n) is 3.86. The van der Waals surface area contributed by atoms with Gasteiger partial charge in [0, 0.05) is 19.7 Å². The van der Waals surface area contributed by atoms with Gasteiger partial charge in [0.2, 0.25) is 0 Å². The fourth-order valence-corrected chi connectivity index (χ4v) is 3.00. The van der Waals surface area contributed by atoms with Crippen LogP contribution in [0.15, 0.2) is 24.3 Å².